The van der Waals surface area contributed by atoms with E-state index in [9.17, 15) is 13.2 Å². The van der Waals surface area contributed by atoms with Gasteiger partial charge in [-0.25, -0.2) is 0 Å². The van der Waals surface area contributed by atoms with Crippen LogP contribution in [0.25, 0.3) is 0 Å². The first-order valence-corrected chi connectivity index (χ1v) is 6.79. The van der Waals surface area contributed by atoms with Crippen molar-refractivity contribution in [3.05, 3.63) is 53.3 Å². The van der Waals surface area contributed by atoms with Crippen LogP contribution in [-0.2, 0) is 12.7 Å². The van der Waals surface area contributed by atoms with Gasteiger partial charge in [-0.1, -0.05) is 19.1 Å². The highest BCUT2D eigenvalue weighted by molar-refractivity contribution is 5.28. The lowest BCUT2D eigenvalue weighted by Crippen LogP contribution is -2.26. The number of hydrogen-bond acceptors (Lipinski definition) is 2. The lowest BCUT2D eigenvalue weighted by Gasteiger charge is -2.19. The van der Waals surface area contributed by atoms with Crippen molar-refractivity contribution < 1.29 is 13.2 Å². The van der Waals surface area contributed by atoms with Gasteiger partial charge in [-0.2, -0.15) is 18.3 Å². The molecule has 1 aromatic carbocycles. The summed E-state index contributed by atoms with van der Waals surface area (Å²) in [5.74, 6) is 0. The van der Waals surface area contributed by atoms with Gasteiger partial charge in [0.15, 0.2) is 0 Å². The molecule has 1 aromatic heterocycles. The summed E-state index contributed by atoms with van der Waals surface area (Å²) in [5.41, 5.74) is 1.01. The molecule has 0 bridgehead atoms. The molecular weight excluding hydrogens is 279 g/mol. The Hall–Kier alpha value is -1.82. The highest BCUT2D eigenvalue weighted by Crippen LogP contribution is 2.31. The molecule has 3 nitrogen and oxygen atoms in total. The summed E-state index contributed by atoms with van der Waals surface area (Å²) < 4.78 is 40.2. The summed E-state index contributed by atoms with van der Waals surface area (Å²) in [6.45, 7) is 5.01. The van der Waals surface area contributed by atoms with Crippen molar-refractivity contribution in [2.75, 3.05) is 6.54 Å². The van der Waals surface area contributed by atoms with Crippen molar-refractivity contribution in [3.63, 3.8) is 0 Å². The van der Waals surface area contributed by atoms with Gasteiger partial charge in [-0.05, 0) is 36.7 Å². The number of benzene rings is 1. The molecule has 114 valence electrons. The zero-order valence-corrected chi connectivity index (χ0v) is 12.0. The van der Waals surface area contributed by atoms with Crippen LogP contribution in [0.15, 0.2) is 36.7 Å². The lowest BCUT2D eigenvalue weighted by atomic mass is 10.0. The Balaban J connectivity index is 2.25. The standard InChI is InChI=1S/C15H18F3N3/c1-3-19-14(10-21-9-11(2)8-20-21)12-5-4-6-13(7-12)15(16,17)18/h4-9,14,19H,3,10H2,1-2H3. The summed E-state index contributed by atoms with van der Waals surface area (Å²) in [6.07, 6.45) is -0.720. The molecule has 0 amide bonds. The van der Waals surface area contributed by atoms with E-state index in [1.165, 1.54) is 12.1 Å². The van der Waals surface area contributed by atoms with Gasteiger partial charge in [0.25, 0.3) is 0 Å². The second kappa shape index (κ2) is 6.30. The first-order chi connectivity index (χ1) is 9.90. The van der Waals surface area contributed by atoms with E-state index in [4.69, 9.17) is 0 Å². The molecule has 1 unspecified atom stereocenters. The van der Waals surface area contributed by atoms with E-state index in [1.807, 2.05) is 20.0 Å². The summed E-state index contributed by atoms with van der Waals surface area (Å²) in [4.78, 5) is 0. The highest BCUT2D eigenvalue weighted by Gasteiger charge is 2.31. The zero-order valence-electron chi connectivity index (χ0n) is 12.0. The van der Waals surface area contributed by atoms with Gasteiger partial charge in [-0.3, -0.25) is 4.68 Å². The summed E-state index contributed by atoms with van der Waals surface area (Å²) in [5, 5.41) is 7.40. The molecule has 0 saturated heterocycles. The maximum absolute atomic E-state index is 12.8. The maximum atomic E-state index is 12.8. The Morgan fingerprint density at radius 1 is 1.33 bits per heavy atom. The fourth-order valence-corrected chi connectivity index (χ4v) is 2.22. The lowest BCUT2D eigenvalue weighted by molar-refractivity contribution is -0.137. The van der Waals surface area contributed by atoms with E-state index in [2.05, 4.69) is 10.4 Å². The van der Waals surface area contributed by atoms with Crippen molar-refractivity contribution in [2.45, 2.75) is 32.6 Å². The summed E-state index contributed by atoms with van der Waals surface area (Å²) in [7, 11) is 0. The monoisotopic (exact) mass is 297 g/mol. The quantitative estimate of drug-likeness (QED) is 0.914. The highest BCUT2D eigenvalue weighted by atomic mass is 19.4. The molecule has 0 aliphatic heterocycles. The Labute approximate surface area is 121 Å². The number of halogens is 3. The number of rotatable bonds is 5. The number of likely N-dealkylation sites (N-methyl/N-ethyl adjacent to an activating group) is 1. The van der Waals surface area contributed by atoms with Gasteiger partial charge in [0.2, 0.25) is 0 Å². The fourth-order valence-electron chi connectivity index (χ4n) is 2.22. The zero-order chi connectivity index (χ0) is 15.5. The van der Waals surface area contributed by atoms with Crippen LogP contribution in [0.1, 0.15) is 29.7 Å². The van der Waals surface area contributed by atoms with Gasteiger partial charge >= 0.3 is 6.18 Å². The fraction of sp³-hybridized carbons (Fsp3) is 0.400. The minimum absolute atomic E-state index is 0.211. The normalized spacial score (nSPS) is 13.4. The maximum Gasteiger partial charge on any atom is 0.416 e. The molecule has 1 atom stereocenters. The molecule has 6 heteroatoms. The van der Waals surface area contributed by atoms with Crippen molar-refractivity contribution >= 4 is 0 Å². The summed E-state index contributed by atoms with van der Waals surface area (Å²) in [6, 6.07) is 5.22. The third-order valence-corrected chi connectivity index (χ3v) is 3.20. The Morgan fingerprint density at radius 2 is 2.10 bits per heavy atom. The van der Waals surface area contributed by atoms with E-state index in [0.29, 0.717) is 18.7 Å². The molecule has 21 heavy (non-hydrogen) atoms. The van der Waals surface area contributed by atoms with Gasteiger partial charge in [0, 0.05) is 6.20 Å². The minimum Gasteiger partial charge on any atom is -0.309 e. The SMILES string of the molecule is CCNC(Cn1cc(C)cn1)c1cccc(C(F)(F)F)c1. The molecule has 0 fully saturated rings. The van der Waals surface area contributed by atoms with Crippen LogP contribution >= 0.6 is 0 Å². The van der Waals surface area contributed by atoms with E-state index >= 15 is 0 Å². The van der Waals surface area contributed by atoms with Crippen molar-refractivity contribution in [2.24, 2.45) is 0 Å². The van der Waals surface area contributed by atoms with Crippen LogP contribution in [0.2, 0.25) is 0 Å². The molecule has 2 aromatic rings. The molecule has 0 spiro atoms. The number of aryl methyl sites for hydroxylation is 1. The predicted octanol–water partition coefficient (Wildman–Crippen LogP) is 3.56. The van der Waals surface area contributed by atoms with Gasteiger partial charge < -0.3 is 5.32 Å². The largest absolute Gasteiger partial charge is 0.416 e. The summed E-state index contributed by atoms with van der Waals surface area (Å²) >= 11 is 0. The van der Waals surface area contributed by atoms with Crippen LogP contribution in [0, 0.1) is 6.92 Å². The Morgan fingerprint density at radius 3 is 2.67 bits per heavy atom. The van der Waals surface area contributed by atoms with Crippen LogP contribution < -0.4 is 5.32 Å². The van der Waals surface area contributed by atoms with Crippen LogP contribution in [0.5, 0.6) is 0 Å². The topological polar surface area (TPSA) is 29.9 Å². The van der Waals surface area contributed by atoms with E-state index in [1.54, 1.807) is 16.9 Å². The Kier molecular flexibility index (Phi) is 4.67. The van der Waals surface area contributed by atoms with Crippen LogP contribution in [0.3, 0.4) is 0 Å². The molecule has 0 aliphatic carbocycles. The molecule has 2 rings (SSSR count). The second-order valence-corrected chi connectivity index (χ2v) is 4.97. The molecule has 0 radical (unpaired) electrons. The van der Waals surface area contributed by atoms with Crippen molar-refractivity contribution in [3.8, 4) is 0 Å². The first kappa shape index (κ1) is 15.6. The molecule has 1 heterocycles. The van der Waals surface area contributed by atoms with Crippen molar-refractivity contribution in [1.82, 2.24) is 15.1 Å². The second-order valence-electron chi connectivity index (χ2n) is 4.97. The number of nitrogens with zero attached hydrogens (tertiary/aromatic N) is 2. The van der Waals surface area contributed by atoms with Gasteiger partial charge in [0.05, 0.1) is 24.3 Å². The van der Waals surface area contributed by atoms with Gasteiger partial charge in [0.1, 0.15) is 0 Å². The predicted molar refractivity (Wildman–Crippen MR) is 74.8 cm³/mol. The van der Waals surface area contributed by atoms with Crippen molar-refractivity contribution in [1.29, 1.82) is 0 Å². The van der Waals surface area contributed by atoms with Gasteiger partial charge in [-0.15, -0.1) is 0 Å². The Bertz CT molecular complexity index is 590. The molecular formula is C15H18F3N3. The number of nitrogens with one attached hydrogen (secondary N) is 1. The van der Waals surface area contributed by atoms with Crippen LogP contribution in [-0.4, -0.2) is 16.3 Å². The van der Waals surface area contributed by atoms with E-state index in [-0.39, 0.29) is 6.04 Å². The molecule has 1 N–H and O–H groups in total. The number of alkyl halides is 3. The molecule has 0 aliphatic rings. The number of hydrogen-bond donors (Lipinski definition) is 1. The van der Waals surface area contributed by atoms with E-state index < -0.39 is 11.7 Å². The average molecular weight is 297 g/mol. The first-order valence-electron chi connectivity index (χ1n) is 6.79. The minimum atomic E-state index is -4.32. The molecule has 0 saturated carbocycles. The smallest absolute Gasteiger partial charge is 0.309 e. The third-order valence-electron chi connectivity index (χ3n) is 3.20. The van der Waals surface area contributed by atoms with E-state index in [0.717, 1.165) is 11.6 Å². The average Bonchev–Trinajstić information content (AvgIpc) is 2.83. The van der Waals surface area contributed by atoms with Crippen LogP contribution in [0.4, 0.5) is 13.2 Å². The number of aromatic nitrogens is 2. The third kappa shape index (κ3) is 4.07.